The second-order valence-corrected chi connectivity index (χ2v) is 6.33. The Morgan fingerprint density at radius 2 is 2.00 bits per heavy atom. The zero-order valence-electron chi connectivity index (χ0n) is 11.9. The van der Waals surface area contributed by atoms with Crippen LogP contribution in [0.1, 0.15) is 52.4 Å². The first kappa shape index (κ1) is 14.3. The summed E-state index contributed by atoms with van der Waals surface area (Å²) in [6, 6.07) is 0.206. The molecule has 1 saturated carbocycles. The van der Waals surface area contributed by atoms with Gasteiger partial charge in [0.1, 0.15) is 5.67 Å². The largest absolute Gasteiger partial charge is 0.379 e. The molecule has 1 saturated heterocycles. The maximum absolute atomic E-state index is 14.9. The molecule has 2 rings (SSSR count). The monoisotopic (exact) mass is 257 g/mol. The normalized spacial score (nSPS) is 37.2. The fourth-order valence-electron chi connectivity index (χ4n) is 3.57. The highest BCUT2D eigenvalue weighted by Crippen LogP contribution is 2.40. The third-order valence-electron chi connectivity index (χ3n) is 4.92. The van der Waals surface area contributed by atoms with Crippen LogP contribution in [0.15, 0.2) is 0 Å². The molecular formula is C15H28FNO. The van der Waals surface area contributed by atoms with E-state index in [1.807, 2.05) is 0 Å². The van der Waals surface area contributed by atoms with Gasteiger partial charge in [0.2, 0.25) is 0 Å². The Kier molecular flexibility index (Phi) is 5.02. The van der Waals surface area contributed by atoms with Crippen LogP contribution in [-0.2, 0) is 4.74 Å². The average Bonchev–Trinajstić information content (AvgIpc) is 2.39. The summed E-state index contributed by atoms with van der Waals surface area (Å²) in [6.07, 6.45) is 6.44. The second-order valence-electron chi connectivity index (χ2n) is 6.33. The molecule has 0 amide bonds. The van der Waals surface area contributed by atoms with Crippen molar-refractivity contribution in [1.29, 1.82) is 0 Å². The van der Waals surface area contributed by atoms with E-state index in [0.717, 1.165) is 31.9 Å². The Bertz CT molecular complexity index is 243. The van der Waals surface area contributed by atoms with Crippen molar-refractivity contribution in [3.63, 3.8) is 0 Å². The number of hydrogen-bond donors (Lipinski definition) is 1. The highest BCUT2D eigenvalue weighted by Gasteiger charge is 2.38. The van der Waals surface area contributed by atoms with Crippen molar-refractivity contribution in [3.8, 4) is 0 Å². The van der Waals surface area contributed by atoms with Crippen molar-refractivity contribution in [2.45, 2.75) is 64.1 Å². The lowest BCUT2D eigenvalue weighted by molar-refractivity contribution is 0.0109. The lowest BCUT2D eigenvalue weighted by Crippen LogP contribution is -2.47. The number of hydrogen-bond acceptors (Lipinski definition) is 2. The van der Waals surface area contributed by atoms with Crippen molar-refractivity contribution in [2.24, 2.45) is 11.8 Å². The van der Waals surface area contributed by atoms with Crippen LogP contribution in [0.3, 0.4) is 0 Å². The van der Waals surface area contributed by atoms with E-state index in [2.05, 4.69) is 12.2 Å². The minimum Gasteiger partial charge on any atom is -0.379 e. The Morgan fingerprint density at radius 1 is 1.28 bits per heavy atom. The summed E-state index contributed by atoms with van der Waals surface area (Å²) < 4.78 is 20.3. The van der Waals surface area contributed by atoms with Crippen LogP contribution in [0.25, 0.3) is 0 Å². The van der Waals surface area contributed by atoms with Gasteiger partial charge in [0.15, 0.2) is 0 Å². The lowest BCUT2D eigenvalue weighted by atomic mass is 9.72. The number of rotatable bonds is 4. The molecule has 1 aliphatic heterocycles. The van der Waals surface area contributed by atoms with Gasteiger partial charge in [-0.2, -0.15) is 0 Å². The van der Waals surface area contributed by atoms with Gasteiger partial charge >= 0.3 is 0 Å². The molecule has 1 heterocycles. The molecule has 2 fully saturated rings. The zero-order valence-corrected chi connectivity index (χ0v) is 11.9. The topological polar surface area (TPSA) is 21.3 Å². The Hall–Kier alpha value is -0.150. The van der Waals surface area contributed by atoms with E-state index >= 15 is 0 Å². The zero-order chi connectivity index (χ0) is 13.0. The first-order valence-corrected chi connectivity index (χ1v) is 7.62. The summed E-state index contributed by atoms with van der Waals surface area (Å²) in [6.45, 7) is 6.36. The summed E-state index contributed by atoms with van der Waals surface area (Å²) in [4.78, 5) is 0. The van der Waals surface area contributed by atoms with Gasteiger partial charge < -0.3 is 10.1 Å². The molecule has 3 heteroatoms. The summed E-state index contributed by atoms with van der Waals surface area (Å²) >= 11 is 0. The minimum absolute atomic E-state index is 0.206. The molecule has 2 aliphatic rings. The van der Waals surface area contributed by atoms with Crippen LogP contribution in [0.5, 0.6) is 0 Å². The molecule has 106 valence electrons. The van der Waals surface area contributed by atoms with Gasteiger partial charge in [0.25, 0.3) is 0 Å². The molecule has 1 N–H and O–H groups in total. The van der Waals surface area contributed by atoms with E-state index in [0.29, 0.717) is 13.0 Å². The molecule has 0 spiro atoms. The predicted octanol–water partition coefficient (Wildman–Crippen LogP) is 3.31. The molecule has 0 aromatic rings. The first-order chi connectivity index (χ1) is 8.62. The van der Waals surface area contributed by atoms with Crippen LogP contribution in [-0.4, -0.2) is 31.5 Å². The third-order valence-corrected chi connectivity index (χ3v) is 4.92. The number of alkyl halides is 1. The molecule has 0 aromatic carbocycles. The summed E-state index contributed by atoms with van der Waals surface area (Å²) in [5, 5.41) is 3.37. The van der Waals surface area contributed by atoms with Crippen molar-refractivity contribution in [1.82, 2.24) is 5.32 Å². The highest BCUT2D eigenvalue weighted by atomic mass is 19.1. The van der Waals surface area contributed by atoms with Gasteiger partial charge in [-0.1, -0.05) is 26.2 Å². The molecule has 2 nitrogen and oxygen atoms in total. The van der Waals surface area contributed by atoms with Gasteiger partial charge in [-0.15, -0.1) is 0 Å². The smallest absolute Gasteiger partial charge is 0.112 e. The molecule has 18 heavy (non-hydrogen) atoms. The van der Waals surface area contributed by atoms with Gasteiger partial charge in [0, 0.05) is 12.6 Å². The van der Waals surface area contributed by atoms with Gasteiger partial charge in [-0.25, -0.2) is 4.39 Å². The Labute approximate surface area is 111 Å². The van der Waals surface area contributed by atoms with Crippen LogP contribution in [0.2, 0.25) is 0 Å². The third kappa shape index (κ3) is 3.67. The van der Waals surface area contributed by atoms with E-state index in [4.69, 9.17) is 4.74 Å². The van der Waals surface area contributed by atoms with Crippen molar-refractivity contribution in [2.75, 3.05) is 19.8 Å². The van der Waals surface area contributed by atoms with E-state index < -0.39 is 5.67 Å². The standard InChI is InChI=1S/C15H28FNO/c1-3-12-4-6-13(7-5-12)15(2,16)10-14-11-18-9-8-17-14/h12-14,17H,3-11H2,1-2H3. The summed E-state index contributed by atoms with van der Waals surface area (Å²) in [7, 11) is 0. The molecular weight excluding hydrogens is 229 g/mol. The molecule has 2 atom stereocenters. The number of nitrogens with one attached hydrogen (secondary N) is 1. The first-order valence-electron chi connectivity index (χ1n) is 7.62. The maximum atomic E-state index is 14.9. The molecule has 1 aliphatic carbocycles. The van der Waals surface area contributed by atoms with Crippen LogP contribution in [0.4, 0.5) is 4.39 Å². The molecule has 0 radical (unpaired) electrons. The van der Waals surface area contributed by atoms with Crippen molar-refractivity contribution in [3.05, 3.63) is 0 Å². The van der Waals surface area contributed by atoms with E-state index in [9.17, 15) is 4.39 Å². The van der Waals surface area contributed by atoms with Crippen molar-refractivity contribution >= 4 is 0 Å². The number of halogens is 1. The van der Waals surface area contributed by atoms with Gasteiger partial charge in [-0.05, 0) is 38.0 Å². The van der Waals surface area contributed by atoms with Crippen LogP contribution in [0, 0.1) is 11.8 Å². The van der Waals surface area contributed by atoms with Gasteiger partial charge in [0.05, 0.1) is 13.2 Å². The second kappa shape index (κ2) is 6.33. The molecule has 2 unspecified atom stereocenters. The fraction of sp³-hybridized carbons (Fsp3) is 1.00. The highest BCUT2D eigenvalue weighted by molar-refractivity contribution is 4.90. The van der Waals surface area contributed by atoms with Crippen LogP contribution >= 0.6 is 0 Å². The van der Waals surface area contributed by atoms with E-state index in [-0.39, 0.29) is 12.0 Å². The molecule has 0 bridgehead atoms. The maximum Gasteiger partial charge on any atom is 0.112 e. The fourth-order valence-corrected chi connectivity index (χ4v) is 3.57. The number of morpholine rings is 1. The Balaban J connectivity index is 1.82. The minimum atomic E-state index is -1.03. The predicted molar refractivity (Wildman–Crippen MR) is 72.5 cm³/mol. The van der Waals surface area contributed by atoms with E-state index in [1.54, 1.807) is 6.92 Å². The summed E-state index contributed by atoms with van der Waals surface area (Å²) in [5.41, 5.74) is -1.03. The Morgan fingerprint density at radius 3 is 2.56 bits per heavy atom. The van der Waals surface area contributed by atoms with Crippen molar-refractivity contribution < 1.29 is 9.13 Å². The van der Waals surface area contributed by atoms with Gasteiger partial charge in [-0.3, -0.25) is 0 Å². The van der Waals surface area contributed by atoms with E-state index in [1.165, 1.54) is 19.3 Å². The van der Waals surface area contributed by atoms with Crippen LogP contribution < -0.4 is 5.32 Å². The average molecular weight is 257 g/mol. The number of ether oxygens (including phenoxy) is 1. The summed E-state index contributed by atoms with van der Waals surface area (Å²) in [5.74, 6) is 1.09. The SMILES string of the molecule is CCC1CCC(C(C)(F)CC2COCCN2)CC1. The lowest BCUT2D eigenvalue weighted by Gasteiger charge is -2.38. The quantitative estimate of drug-likeness (QED) is 0.834. The molecule has 0 aromatic heterocycles.